The fourth-order valence-electron chi connectivity index (χ4n) is 3.70. The van der Waals surface area contributed by atoms with E-state index < -0.39 is 0 Å². The summed E-state index contributed by atoms with van der Waals surface area (Å²) in [4.78, 5) is 16.6. The third-order valence-electron chi connectivity index (χ3n) is 5.33. The van der Waals surface area contributed by atoms with Gasteiger partial charge in [0.2, 0.25) is 0 Å². The maximum atomic E-state index is 14.3. The topological polar surface area (TPSA) is 66.6 Å². The summed E-state index contributed by atoms with van der Waals surface area (Å²) in [5.41, 5.74) is 1.47. The Kier molecular flexibility index (Phi) is 4.99. The number of hydrogen-bond acceptors (Lipinski definition) is 5. The first kappa shape index (κ1) is 19.4. The highest BCUT2D eigenvalue weighted by atomic mass is 35.5. The molecule has 0 spiro atoms. The zero-order chi connectivity index (χ0) is 21.4. The third-order valence-corrected chi connectivity index (χ3v) is 5.56. The lowest BCUT2D eigenvalue weighted by atomic mass is 10.2. The lowest BCUT2D eigenvalue weighted by molar-refractivity contribution is 0.0746. The predicted molar refractivity (Wildman–Crippen MR) is 116 cm³/mol. The fraction of sp³-hybridized carbons (Fsp3) is 0.182. The van der Waals surface area contributed by atoms with Crippen LogP contribution in [0, 0.1) is 5.82 Å². The highest BCUT2D eigenvalue weighted by molar-refractivity contribution is 6.30. The average Bonchev–Trinajstić information content (AvgIpc) is 3.22. The molecule has 0 radical (unpaired) electrons. The van der Waals surface area contributed by atoms with E-state index in [4.69, 9.17) is 11.6 Å². The van der Waals surface area contributed by atoms with E-state index in [-0.39, 0.29) is 11.7 Å². The van der Waals surface area contributed by atoms with Crippen molar-refractivity contribution < 1.29 is 9.18 Å². The van der Waals surface area contributed by atoms with Gasteiger partial charge >= 0.3 is 0 Å². The Balaban J connectivity index is 1.36. The van der Waals surface area contributed by atoms with Crippen molar-refractivity contribution in [2.24, 2.45) is 0 Å². The van der Waals surface area contributed by atoms with Crippen LogP contribution in [0.1, 0.15) is 10.4 Å². The lowest BCUT2D eigenvalue weighted by Gasteiger charge is -2.35. The number of amides is 1. The van der Waals surface area contributed by atoms with Crippen molar-refractivity contribution in [1.82, 2.24) is 24.7 Å². The number of piperazine rings is 1. The lowest BCUT2D eigenvalue weighted by Crippen LogP contribution is -2.49. The second-order valence-electron chi connectivity index (χ2n) is 7.25. The molecule has 1 saturated heterocycles. The van der Waals surface area contributed by atoms with Gasteiger partial charge in [-0.3, -0.25) is 4.79 Å². The van der Waals surface area contributed by atoms with Gasteiger partial charge in [0.05, 0.1) is 5.56 Å². The number of anilines is 1. The number of carbonyl (C=O) groups is 1. The van der Waals surface area contributed by atoms with Gasteiger partial charge in [-0.05, 0) is 42.5 Å². The van der Waals surface area contributed by atoms with Crippen molar-refractivity contribution in [3.05, 3.63) is 77.1 Å². The maximum Gasteiger partial charge on any atom is 0.254 e. The van der Waals surface area contributed by atoms with Gasteiger partial charge in [0.25, 0.3) is 5.91 Å². The molecule has 31 heavy (non-hydrogen) atoms. The van der Waals surface area contributed by atoms with Gasteiger partial charge in [-0.15, -0.1) is 15.3 Å². The van der Waals surface area contributed by atoms with Crippen molar-refractivity contribution in [2.75, 3.05) is 31.1 Å². The first-order chi connectivity index (χ1) is 15.1. The molecular weight excluding hydrogens is 419 g/mol. The Morgan fingerprint density at radius 1 is 0.935 bits per heavy atom. The summed E-state index contributed by atoms with van der Waals surface area (Å²) < 4.78 is 15.8. The van der Waals surface area contributed by atoms with E-state index in [0.29, 0.717) is 53.8 Å². The molecule has 4 aromatic rings. The number of benzene rings is 2. The number of nitrogens with zero attached hydrogens (tertiary/aromatic N) is 6. The molecule has 0 unspecified atom stereocenters. The first-order valence-electron chi connectivity index (χ1n) is 9.87. The van der Waals surface area contributed by atoms with Gasteiger partial charge in [-0.25, -0.2) is 4.39 Å². The average molecular weight is 437 g/mol. The zero-order valence-corrected chi connectivity index (χ0v) is 17.2. The molecule has 0 N–H and O–H groups in total. The van der Waals surface area contributed by atoms with Gasteiger partial charge in [0, 0.05) is 36.8 Å². The van der Waals surface area contributed by atoms with E-state index in [1.54, 1.807) is 47.0 Å². The quantitative estimate of drug-likeness (QED) is 0.491. The molecule has 2 aromatic heterocycles. The van der Waals surface area contributed by atoms with E-state index in [9.17, 15) is 9.18 Å². The van der Waals surface area contributed by atoms with Crippen molar-refractivity contribution >= 4 is 29.0 Å². The van der Waals surface area contributed by atoms with Crippen LogP contribution in [0.3, 0.4) is 0 Å². The minimum absolute atomic E-state index is 0.0359. The molecule has 5 rings (SSSR count). The number of fused-ring (bicyclic) bond motifs is 1. The Morgan fingerprint density at radius 2 is 1.74 bits per heavy atom. The van der Waals surface area contributed by atoms with Crippen molar-refractivity contribution in [3.63, 3.8) is 0 Å². The molecule has 1 fully saturated rings. The largest absolute Gasteiger partial charge is 0.352 e. The summed E-state index contributed by atoms with van der Waals surface area (Å²) in [6.45, 7) is 2.38. The minimum Gasteiger partial charge on any atom is -0.352 e. The molecule has 0 saturated carbocycles. The number of carbonyl (C=O) groups excluding carboxylic acids is 1. The Labute approximate surface area is 182 Å². The Hall–Kier alpha value is -3.52. The number of hydrogen-bond donors (Lipinski definition) is 0. The van der Waals surface area contributed by atoms with Crippen LogP contribution >= 0.6 is 11.6 Å². The zero-order valence-electron chi connectivity index (χ0n) is 16.4. The molecule has 9 heteroatoms. The Bertz CT molecular complexity index is 1270. The summed E-state index contributed by atoms with van der Waals surface area (Å²) in [6, 6.07) is 17.1. The van der Waals surface area contributed by atoms with E-state index >= 15 is 0 Å². The molecule has 0 bridgehead atoms. The highest BCUT2D eigenvalue weighted by Crippen LogP contribution is 2.23. The van der Waals surface area contributed by atoms with Crippen LogP contribution in [0.15, 0.2) is 60.7 Å². The number of aromatic nitrogens is 4. The van der Waals surface area contributed by atoms with Crippen LogP contribution in [0.5, 0.6) is 0 Å². The van der Waals surface area contributed by atoms with Gasteiger partial charge in [-0.2, -0.15) is 4.52 Å². The molecule has 0 atom stereocenters. The summed E-state index contributed by atoms with van der Waals surface area (Å²) >= 11 is 6.01. The van der Waals surface area contributed by atoms with Crippen molar-refractivity contribution in [1.29, 1.82) is 0 Å². The Morgan fingerprint density at radius 3 is 2.52 bits per heavy atom. The van der Waals surface area contributed by atoms with Gasteiger partial charge in [-0.1, -0.05) is 29.8 Å². The van der Waals surface area contributed by atoms with Crippen LogP contribution in [-0.2, 0) is 0 Å². The van der Waals surface area contributed by atoms with Gasteiger partial charge in [0.15, 0.2) is 11.5 Å². The fourth-order valence-corrected chi connectivity index (χ4v) is 3.89. The van der Waals surface area contributed by atoms with Crippen LogP contribution in [0.2, 0.25) is 5.02 Å². The van der Waals surface area contributed by atoms with Crippen molar-refractivity contribution in [3.8, 4) is 11.4 Å². The molecule has 2 aromatic carbocycles. The SMILES string of the molecule is O=C(c1cccc(Cl)c1)N1CCN(c2ccc3nnc(-c4ccccc4F)n3n2)CC1. The number of halogens is 2. The smallest absolute Gasteiger partial charge is 0.254 e. The van der Waals surface area contributed by atoms with E-state index in [1.807, 2.05) is 17.0 Å². The van der Waals surface area contributed by atoms with Crippen molar-refractivity contribution in [2.45, 2.75) is 0 Å². The van der Waals surface area contributed by atoms with Gasteiger partial charge < -0.3 is 9.80 Å². The summed E-state index contributed by atoms with van der Waals surface area (Å²) in [7, 11) is 0. The predicted octanol–water partition coefficient (Wildman–Crippen LogP) is 3.55. The second kappa shape index (κ2) is 7.96. The van der Waals surface area contributed by atoms with E-state index in [1.165, 1.54) is 6.07 Å². The van der Waals surface area contributed by atoms with Gasteiger partial charge in [0.1, 0.15) is 11.6 Å². The molecule has 1 aliphatic rings. The molecule has 3 heterocycles. The molecule has 156 valence electrons. The molecule has 7 nitrogen and oxygen atoms in total. The van der Waals surface area contributed by atoms with Crippen LogP contribution in [-0.4, -0.2) is 56.8 Å². The van der Waals surface area contributed by atoms with Crippen LogP contribution < -0.4 is 4.90 Å². The molecule has 1 aliphatic heterocycles. The number of rotatable bonds is 3. The minimum atomic E-state index is -0.378. The first-order valence-corrected chi connectivity index (χ1v) is 10.2. The molecule has 1 amide bonds. The second-order valence-corrected chi connectivity index (χ2v) is 7.69. The molecular formula is C22H18ClFN6O. The summed E-state index contributed by atoms with van der Waals surface area (Å²) in [6.07, 6.45) is 0. The molecule has 0 aliphatic carbocycles. The monoisotopic (exact) mass is 436 g/mol. The summed E-state index contributed by atoms with van der Waals surface area (Å²) in [5, 5.41) is 13.4. The third kappa shape index (κ3) is 3.70. The normalized spacial score (nSPS) is 14.3. The van der Waals surface area contributed by atoms with Crippen LogP contribution in [0.4, 0.5) is 10.2 Å². The van der Waals surface area contributed by atoms with E-state index in [0.717, 1.165) is 5.82 Å². The van der Waals surface area contributed by atoms with E-state index in [2.05, 4.69) is 20.2 Å². The summed E-state index contributed by atoms with van der Waals surface area (Å²) in [5.74, 6) is 0.660. The van der Waals surface area contributed by atoms with Crippen LogP contribution in [0.25, 0.3) is 17.0 Å². The maximum absolute atomic E-state index is 14.3. The highest BCUT2D eigenvalue weighted by Gasteiger charge is 2.24. The standard InChI is InChI=1S/C22H18ClFN6O/c23-16-5-3-4-15(14-16)22(31)29-12-10-28(11-13-29)20-9-8-19-25-26-21(30(19)27-20)17-6-1-2-7-18(17)24/h1-9,14H,10-13H2.